The first kappa shape index (κ1) is 53.3. The van der Waals surface area contributed by atoms with Crippen molar-refractivity contribution in [2.75, 3.05) is 0 Å². The summed E-state index contributed by atoms with van der Waals surface area (Å²) in [6.45, 7) is 0. The van der Waals surface area contributed by atoms with Crippen LogP contribution in [0.25, 0.3) is 98.0 Å². The smallest absolute Gasteiger partial charge is 0.124 e. The molecule has 0 spiro atoms. The Morgan fingerprint density at radius 2 is 0.300 bits per heavy atom. The zero-order chi connectivity index (χ0) is 45.3. The van der Waals surface area contributed by atoms with Crippen LogP contribution in [0.15, 0.2) is 218 Å². The van der Waals surface area contributed by atoms with Crippen molar-refractivity contribution in [3.05, 3.63) is 218 Å². The summed E-state index contributed by atoms with van der Waals surface area (Å²) in [6.07, 6.45) is 0. The van der Waals surface area contributed by atoms with Gasteiger partial charge in [0.1, 0.15) is 34.5 Å². The van der Waals surface area contributed by atoms with E-state index in [0.717, 1.165) is 64.6 Å². The average Bonchev–Trinajstić information content (AvgIpc) is 3.35. The minimum Gasteiger partial charge on any atom is -0.507 e. The van der Waals surface area contributed by atoms with Crippen molar-refractivity contribution in [2.45, 2.75) is 0 Å². The molecule has 6 N–H and O–H groups in total. The number of aromatic hydroxyl groups is 6. The van der Waals surface area contributed by atoms with E-state index in [0.29, 0.717) is 33.4 Å². The predicted molar refractivity (Wildman–Crippen MR) is 288 cm³/mol. The molecule has 12 aromatic rings. The second-order valence-electron chi connectivity index (χ2n) is 16.1. The van der Waals surface area contributed by atoms with Crippen LogP contribution in [0.1, 0.15) is 0 Å². The van der Waals surface area contributed by atoms with E-state index in [4.69, 9.17) is 0 Å². The van der Waals surface area contributed by atoms with Crippen molar-refractivity contribution in [3.63, 3.8) is 0 Å². The number of hydrogen-bond acceptors (Lipinski definition) is 6. The van der Waals surface area contributed by atoms with Crippen molar-refractivity contribution in [3.8, 4) is 67.9 Å². The van der Waals surface area contributed by atoms with E-state index in [2.05, 4.69) is 0 Å². The van der Waals surface area contributed by atoms with Crippen molar-refractivity contribution in [1.29, 1.82) is 0 Å². The normalized spacial score (nSPS) is 10.5. The van der Waals surface area contributed by atoms with Crippen molar-refractivity contribution in [1.82, 2.24) is 0 Å². The summed E-state index contributed by atoms with van der Waals surface area (Å²) in [5, 5.41) is 74.3. The summed E-state index contributed by atoms with van der Waals surface area (Å²) < 4.78 is 0. The van der Waals surface area contributed by atoms with E-state index in [1.54, 1.807) is 36.4 Å². The van der Waals surface area contributed by atoms with E-state index in [1.165, 1.54) is 0 Å². The van der Waals surface area contributed by atoms with Gasteiger partial charge in [0.15, 0.2) is 0 Å². The topological polar surface area (TPSA) is 121 Å². The summed E-state index contributed by atoms with van der Waals surface area (Å²) >= 11 is 0. The van der Waals surface area contributed by atoms with E-state index in [1.807, 2.05) is 182 Å². The molecule has 12 rings (SSSR count). The fourth-order valence-electron chi connectivity index (χ4n) is 9.14. The van der Waals surface area contributed by atoms with Crippen LogP contribution in [-0.4, -0.2) is 87.2 Å². The molecule has 0 atom stereocenters. The number of hydrogen-bond donors (Lipinski definition) is 6. The molecule has 0 amide bonds. The Morgan fingerprint density at radius 3 is 0.443 bits per heavy atom. The van der Waals surface area contributed by atoms with Gasteiger partial charge < -0.3 is 30.6 Å². The van der Waals surface area contributed by atoms with E-state index < -0.39 is 0 Å². The molecule has 0 bridgehead atoms. The summed E-state index contributed by atoms with van der Waals surface area (Å²) in [4.78, 5) is 0. The minimum absolute atomic E-state index is 0. The molecule has 0 fully saturated rings. The number of phenols is 6. The van der Waals surface area contributed by atoms with E-state index in [-0.39, 0.29) is 124 Å². The van der Waals surface area contributed by atoms with Crippen LogP contribution < -0.4 is 0 Å². The van der Waals surface area contributed by atoms with Gasteiger partial charge in [-0.25, -0.2) is 0 Å². The van der Waals surface area contributed by atoms with Gasteiger partial charge in [0, 0.05) is 123 Å². The van der Waals surface area contributed by atoms with Gasteiger partial charge >= 0.3 is 0 Å². The SMILES string of the molecule is Oc1ccc2ccccc2c1-c1c(O)ccc2ccccc12.Oc1ccc2ccccc2c1-c1c(O)ccc2ccccc12.Oc1ccc2ccccc2c1-c1c(O)ccc2ccccc12.[Li].[Li].[Li].[Y]. The maximum absolute atomic E-state index is 10.4. The van der Waals surface area contributed by atoms with Crippen LogP contribution in [0.4, 0.5) is 0 Å². The van der Waals surface area contributed by atoms with Gasteiger partial charge in [0.05, 0.1) is 0 Å². The summed E-state index contributed by atoms with van der Waals surface area (Å²) in [7, 11) is 0. The summed E-state index contributed by atoms with van der Waals surface area (Å²) in [5.41, 5.74) is 4.04. The van der Waals surface area contributed by atoms with Crippen LogP contribution in [0.3, 0.4) is 0 Å². The fraction of sp³-hybridized carbons (Fsp3) is 0. The maximum atomic E-state index is 10.4. The van der Waals surface area contributed by atoms with Crippen LogP contribution in [0.5, 0.6) is 34.5 Å². The number of fused-ring (bicyclic) bond motifs is 6. The second kappa shape index (κ2) is 23.2. The molecule has 0 saturated heterocycles. The Hall–Kier alpha value is -6.10. The number of benzene rings is 12. The monoisotopic (exact) mass is 968 g/mol. The van der Waals surface area contributed by atoms with Crippen LogP contribution in [0.2, 0.25) is 0 Å². The Kier molecular flexibility index (Phi) is 17.7. The number of phenolic OH excluding ortho intramolecular Hbond substituents is 6. The third-order valence-electron chi connectivity index (χ3n) is 12.2. The standard InChI is InChI=1S/3C20H14O2.3Li.Y/c3*21-17-11-9-13-5-1-3-7-15(13)19(17)20-16-8-4-2-6-14(16)10-12-18(20)22;;;;/h3*1-12,21-22H;;;;. The Balaban J connectivity index is 0.000000167. The van der Waals surface area contributed by atoms with E-state index >= 15 is 0 Å². The molecule has 0 saturated carbocycles. The predicted octanol–water partition coefficient (Wildman–Crippen LogP) is 14.1. The molecule has 70 heavy (non-hydrogen) atoms. The quantitative estimate of drug-likeness (QED) is 0.0981. The molecule has 10 heteroatoms. The van der Waals surface area contributed by atoms with Crippen molar-refractivity contribution >= 4 is 121 Å². The molecule has 0 heterocycles. The average molecular weight is 969 g/mol. The second-order valence-corrected chi connectivity index (χ2v) is 16.1. The van der Waals surface area contributed by atoms with Crippen molar-refractivity contribution < 1.29 is 63.3 Å². The summed E-state index contributed by atoms with van der Waals surface area (Å²) in [5.74, 6) is 1.03. The molecule has 0 aliphatic carbocycles. The molecule has 4 radical (unpaired) electrons. The molecule has 0 aromatic heterocycles. The van der Waals surface area contributed by atoms with Crippen LogP contribution >= 0.6 is 0 Å². The van der Waals surface area contributed by atoms with Crippen LogP contribution in [0, 0.1) is 0 Å². The van der Waals surface area contributed by atoms with Gasteiger partial charge in [-0.15, -0.1) is 0 Å². The van der Waals surface area contributed by atoms with Crippen molar-refractivity contribution in [2.24, 2.45) is 0 Å². The molecular weight excluding hydrogens is 926 g/mol. The molecule has 0 aliphatic rings. The molecular formula is C60H42Li3O6Y. The third-order valence-corrected chi connectivity index (χ3v) is 12.2. The van der Waals surface area contributed by atoms with Gasteiger partial charge in [-0.3, -0.25) is 0 Å². The largest absolute Gasteiger partial charge is 0.507 e. The zero-order valence-electron chi connectivity index (χ0n) is 39.0. The third kappa shape index (κ3) is 10.2. The zero-order valence-corrected chi connectivity index (χ0v) is 41.9. The number of rotatable bonds is 3. The first-order valence-electron chi connectivity index (χ1n) is 21.5. The fourth-order valence-corrected chi connectivity index (χ4v) is 9.14. The van der Waals surface area contributed by atoms with Gasteiger partial charge in [-0.2, -0.15) is 0 Å². The van der Waals surface area contributed by atoms with Gasteiger partial charge in [-0.05, 0) is 101 Å². The first-order chi connectivity index (χ1) is 32.3. The van der Waals surface area contributed by atoms with Crippen LogP contribution in [-0.2, 0) is 32.7 Å². The molecule has 0 unspecified atom stereocenters. The Bertz CT molecular complexity index is 3180. The Labute approximate surface area is 466 Å². The maximum Gasteiger partial charge on any atom is 0.124 e. The van der Waals surface area contributed by atoms with Gasteiger partial charge in [0.2, 0.25) is 0 Å². The summed E-state index contributed by atoms with van der Waals surface area (Å²) in [6, 6.07) is 68.6. The molecule has 0 aliphatic heterocycles. The molecule has 6 nitrogen and oxygen atoms in total. The first-order valence-corrected chi connectivity index (χ1v) is 21.5. The Morgan fingerprint density at radius 1 is 0.171 bits per heavy atom. The molecule has 324 valence electrons. The minimum atomic E-state index is 0. The van der Waals surface area contributed by atoms with E-state index in [9.17, 15) is 30.6 Å². The van der Waals surface area contributed by atoms with Gasteiger partial charge in [0.25, 0.3) is 0 Å². The molecule has 12 aromatic carbocycles. The van der Waals surface area contributed by atoms with Gasteiger partial charge in [-0.1, -0.05) is 182 Å².